The highest BCUT2D eigenvalue weighted by Crippen LogP contribution is 2.30. The Hall–Kier alpha value is -2.22. The Morgan fingerprint density at radius 1 is 1.35 bits per heavy atom. The Labute approximate surface area is 159 Å². The second-order valence-electron chi connectivity index (χ2n) is 5.99. The first-order valence-electron chi connectivity index (χ1n) is 7.75. The summed E-state index contributed by atoms with van der Waals surface area (Å²) in [7, 11) is 0. The van der Waals surface area contributed by atoms with E-state index in [-0.39, 0.29) is 13.2 Å². The molecule has 1 aliphatic heterocycles. The number of imide groups is 1. The van der Waals surface area contributed by atoms with Crippen molar-refractivity contribution >= 4 is 35.1 Å². The lowest BCUT2D eigenvalue weighted by atomic mass is 9.99. The molecule has 1 aromatic heterocycles. The number of aliphatic hydroxyl groups excluding tert-OH is 1. The fourth-order valence-corrected chi connectivity index (χ4v) is 3.10. The molecule has 1 aliphatic rings. The van der Waals surface area contributed by atoms with Crippen LogP contribution in [0.3, 0.4) is 0 Å². The molecule has 3 amide bonds. The summed E-state index contributed by atoms with van der Waals surface area (Å²) in [6, 6.07) is 7.29. The smallest absolute Gasteiger partial charge is 0.325 e. The third-order valence-corrected chi connectivity index (χ3v) is 4.54. The molecule has 1 aromatic carbocycles. The van der Waals surface area contributed by atoms with Gasteiger partial charge in [-0.15, -0.1) is 0 Å². The second kappa shape index (κ2) is 7.19. The predicted molar refractivity (Wildman–Crippen MR) is 94.3 cm³/mol. The van der Waals surface area contributed by atoms with E-state index in [1.165, 1.54) is 12.3 Å². The van der Waals surface area contributed by atoms with Gasteiger partial charge in [0.15, 0.2) is 5.54 Å². The van der Waals surface area contributed by atoms with Gasteiger partial charge in [0, 0.05) is 5.02 Å². The average molecular weight is 399 g/mol. The number of halogens is 2. The number of aliphatic hydroxyl groups is 1. The first-order chi connectivity index (χ1) is 12.3. The van der Waals surface area contributed by atoms with Crippen molar-refractivity contribution in [3.8, 4) is 5.75 Å². The average Bonchev–Trinajstić information content (AvgIpc) is 3.19. The standard InChI is InChI=1S/C17H16Cl2N2O5/c1-17(14-3-2-6-25-14)15(23)21(16(24)20-17)8-11(22)9-26-13-5-4-10(18)7-12(13)19/h2-7,11,22H,8-9H2,1H3,(H,20,24)/t11-,17+/m1/s1. The van der Waals surface area contributed by atoms with E-state index in [1.807, 2.05) is 0 Å². The molecule has 0 radical (unpaired) electrons. The minimum Gasteiger partial charge on any atom is -0.489 e. The molecule has 0 unspecified atom stereocenters. The summed E-state index contributed by atoms with van der Waals surface area (Å²) in [5.74, 6) is 0.144. The number of hydrogen-bond acceptors (Lipinski definition) is 5. The van der Waals surface area contributed by atoms with Gasteiger partial charge in [-0.05, 0) is 37.3 Å². The van der Waals surface area contributed by atoms with Gasteiger partial charge in [-0.2, -0.15) is 0 Å². The van der Waals surface area contributed by atoms with Gasteiger partial charge in [-0.1, -0.05) is 23.2 Å². The highest BCUT2D eigenvalue weighted by Gasteiger charge is 2.51. The maximum atomic E-state index is 12.6. The van der Waals surface area contributed by atoms with E-state index < -0.39 is 23.6 Å². The molecule has 1 saturated heterocycles. The summed E-state index contributed by atoms with van der Waals surface area (Å²) >= 11 is 11.8. The van der Waals surface area contributed by atoms with Crippen molar-refractivity contribution in [2.24, 2.45) is 0 Å². The zero-order chi connectivity index (χ0) is 18.9. The SMILES string of the molecule is C[C@@]1(c2ccco2)NC(=O)N(C[C@@H](O)COc2ccc(Cl)cc2Cl)C1=O. The van der Waals surface area contributed by atoms with Crippen molar-refractivity contribution < 1.29 is 23.8 Å². The normalized spacial score (nSPS) is 21.0. The minimum absolute atomic E-state index is 0.157. The molecule has 7 nitrogen and oxygen atoms in total. The van der Waals surface area contributed by atoms with Crippen molar-refractivity contribution in [3.63, 3.8) is 0 Å². The van der Waals surface area contributed by atoms with Crippen LogP contribution in [0, 0.1) is 0 Å². The number of amides is 3. The summed E-state index contributed by atoms with van der Waals surface area (Å²) in [4.78, 5) is 25.7. The molecule has 1 fully saturated rings. The molecule has 2 heterocycles. The number of nitrogens with zero attached hydrogens (tertiary/aromatic N) is 1. The summed E-state index contributed by atoms with van der Waals surface area (Å²) < 4.78 is 10.7. The molecular formula is C17H16Cl2N2O5. The number of urea groups is 1. The van der Waals surface area contributed by atoms with Gasteiger partial charge in [0.05, 0.1) is 17.8 Å². The van der Waals surface area contributed by atoms with E-state index in [2.05, 4.69) is 5.32 Å². The lowest BCUT2D eigenvalue weighted by molar-refractivity contribution is -0.132. The van der Waals surface area contributed by atoms with Crippen LogP contribution in [-0.2, 0) is 10.3 Å². The van der Waals surface area contributed by atoms with Crippen molar-refractivity contribution in [2.75, 3.05) is 13.2 Å². The van der Waals surface area contributed by atoms with E-state index in [4.69, 9.17) is 32.4 Å². The molecule has 2 N–H and O–H groups in total. The maximum absolute atomic E-state index is 12.6. The number of benzene rings is 1. The van der Waals surface area contributed by atoms with Gasteiger partial charge in [0.1, 0.15) is 24.2 Å². The monoisotopic (exact) mass is 398 g/mol. The number of nitrogens with one attached hydrogen (secondary N) is 1. The van der Waals surface area contributed by atoms with E-state index in [0.717, 1.165) is 4.90 Å². The van der Waals surface area contributed by atoms with Crippen LogP contribution >= 0.6 is 23.2 Å². The molecule has 0 saturated carbocycles. The molecular weight excluding hydrogens is 383 g/mol. The summed E-state index contributed by atoms with van der Waals surface area (Å²) in [6.07, 6.45) is 0.316. The Kier molecular flexibility index (Phi) is 5.13. The third kappa shape index (κ3) is 3.51. The van der Waals surface area contributed by atoms with Crippen LogP contribution in [0.5, 0.6) is 5.75 Å². The predicted octanol–water partition coefficient (Wildman–Crippen LogP) is 2.79. The number of rotatable bonds is 6. The number of carbonyl (C=O) groups excluding carboxylic acids is 2. The topological polar surface area (TPSA) is 92.0 Å². The quantitative estimate of drug-likeness (QED) is 0.729. The van der Waals surface area contributed by atoms with E-state index in [1.54, 1.807) is 31.2 Å². The van der Waals surface area contributed by atoms with Gasteiger partial charge >= 0.3 is 6.03 Å². The van der Waals surface area contributed by atoms with Crippen molar-refractivity contribution in [3.05, 3.63) is 52.4 Å². The number of β-amino-alcohol motifs (C(OH)–C–C–N with tert-alkyl or cyclic N) is 1. The number of ether oxygens (including phenoxy) is 1. The van der Waals surface area contributed by atoms with Crippen LogP contribution in [0.25, 0.3) is 0 Å². The van der Waals surface area contributed by atoms with Gasteiger partial charge in [-0.3, -0.25) is 9.69 Å². The van der Waals surface area contributed by atoms with Gasteiger partial charge < -0.3 is 19.6 Å². The van der Waals surface area contributed by atoms with Gasteiger partial charge in [-0.25, -0.2) is 4.79 Å². The zero-order valence-electron chi connectivity index (χ0n) is 13.7. The van der Waals surface area contributed by atoms with Gasteiger partial charge in [0.2, 0.25) is 0 Å². The molecule has 138 valence electrons. The Morgan fingerprint density at radius 2 is 2.12 bits per heavy atom. The summed E-state index contributed by atoms with van der Waals surface area (Å²) in [6.45, 7) is 1.16. The molecule has 0 spiro atoms. The van der Waals surface area contributed by atoms with Crippen LogP contribution in [0.1, 0.15) is 12.7 Å². The Balaban J connectivity index is 1.63. The summed E-state index contributed by atoms with van der Waals surface area (Å²) in [5.41, 5.74) is -1.30. The lowest BCUT2D eigenvalue weighted by Gasteiger charge is -2.21. The fourth-order valence-electron chi connectivity index (χ4n) is 2.63. The van der Waals surface area contributed by atoms with E-state index in [0.29, 0.717) is 21.6 Å². The van der Waals surface area contributed by atoms with Crippen molar-refractivity contribution in [1.29, 1.82) is 0 Å². The summed E-state index contributed by atoms with van der Waals surface area (Å²) in [5, 5.41) is 13.5. The molecule has 2 atom stereocenters. The number of furan rings is 1. The minimum atomic E-state index is -1.30. The Bertz CT molecular complexity index is 827. The first kappa shape index (κ1) is 18.6. The lowest BCUT2D eigenvalue weighted by Crippen LogP contribution is -2.42. The van der Waals surface area contributed by atoms with E-state index in [9.17, 15) is 14.7 Å². The van der Waals surface area contributed by atoms with Gasteiger partial charge in [0.25, 0.3) is 5.91 Å². The highest BCUT2D eigenvalue weighted by atomic mass is 35.5. The molecule has 9 heteroatoms. The number of carbonyl (C=O) groups is 2. The second-order valence-corrected chi connectivity index (χ2v) is 6.83. The van der Waals surface area contributed by atoms with Crippen molar-refractivity contribution in [1.82, 2.24) is 10.2 Å². The van der Waals surface area contributed by atoms with Crippen LogP contribution in [0.4, 0.5) is 4.79 Å². The van der Waals surface area contributed by atoms with Crippen molar-refractivity contribution in [2.45, 2.75) is 18.6 Å². The molecule has 2 aromatic rings. The van der Waals surface area contributed by atoms with Crippen LogP contribution in [0.15, 0.2) is 41.0 Å². The maximum Gasteiger partial charge on any atom is 0.325 e. The van der Waals surface area contributed by atoms with E-state index >= 15 is 0 Å². The Morgan fingerprint density at radius 3 is 2.77 bits per heavy atom. The zero-order valence-corrected chi connectivity index (χ0v) is 15.3. The molecule has 3 rings (SSSR count). The van der Waals surface area contributed by atoms with Crippen LogP contribution in [0.2, 0.25) is 10.0 Å². The highest BCUT2D eigenvalue weighted by molar-refractivity contribution is 6.35. The first-order valence-corrected chi connectivity index (χ1v) is 8.51. The molecule has 0 bridgehead atoms. The molecule has 0 aliphatic carbocycles. The third-order valence-electron chi connectivity index (χ3n) is 4.01. The number of hydrogen-bond donors (Lipinski definition) is 2. The van der Waals surface area contributed by atoms with Crippen LogP contribution < -0.4 is 10.1 Å². The largest absolute Gasteiger partial charge is 0.489 e. The molecule has 26 heavy (non-hydrogen) atoms. The fraction of sp³-hybridized carbons (Fsp3) is 0.294. The van der Waals surface area contributed by atoms with Crippen LogP contribution in [-0.4, -0.2) is 41.2 Å².